The van der Waals surface area contributed by atoms with Gasteiger partial charge in [-0.2, -0.15) is 16.4 Å². The van der Waals surface area contributed by atoms with Crippen LogP contribution in [0, 0.1) is 0 Å². The summed E-state index contributed by atoms with van der Waals surface area (Å²) in [6, 6.07) is 8.20. The fraction of sp³-hybridized carbons (Fsp3) is 0.350. The van der Waals surface area contributed by atoms with Crippen molar-refractivity contribution in [1.82, 2.24) is 19.7 Å². The monoisotopic (exact) mass is 366 g/mol. The maximum absolute atomic E-state index is 12.9. The molecule has 4 rings (SSSR count). The molecule has 0 bridgehead atoms. The van der Waals surface area contributed by atoms with Crippen molar-refractivity contribution in [2.75, 3.05) is 6.54 Å². The standard InChI is InChI=1S/C20H22N4OS/c25-20(17-8-14-26-15-17)24(18-3-1-2-4-18)13-12-23-11-7-19(22-23)16-5-9-21-10-6-16/h5-11,14-15,18H,1-4,12-13H2. The number of pyridine rings is 1. The molecule has 0 saturated heterocycles. The van der Waals surface area contributed by atoms with E-state index in [1.165, 1.54) is 12.8 Å². The minimum Gasteiger partial charge on any atom is -0.334 e. The van der Waals surface area contributed by atoms with Gasteiger partial charge in [0.1, 0.15) is 0 Å². The third kappa shape index (κ3) is 3.70. The number of hydrogen-bond acceptors (Lipinski definition) is 4. The van der Waals surface area contributed by atoms with Gasteiger partial charge in [0.05, 0.1) is 17.8 Å². The number of hydrogen-bond donors (Lipinski definition) is 0. The van der Waals surface area contributed by atoms with Gasteiger partial charge in [0, 0.05) is 42.1 Å². The fourth-order valence-electron chi connectivity index (χ4n) is 3.59. The summed E-state index contributed by atoms with van der Waals surface area (Å²) in [6.45, 7) is 1.40. The highest BCUT2D eigenvalue weighted by molar-refractivity contribution is 7.08. The van der Waals surface area contributed by atoms with Gasteiger partial charge >= 0.3 is 0 Å². The predicted octanol–water partition coefficient (Wildman–Crippen LogP) is 4.09. The molecule has 3 aromatic heterocycles. The number of amides is 1. The second-order valence-corrected chi connectivity index (χ2v) is 7.43. The van der Waals surface area contributed by atoms with Gasteiger partial charge in [0.2, 0.25) is 0 Å². The largest absolute Gasteiger partial charge is 0.334 e. The molecule has 0 N–H and O–H groups in total. The van der Waals surface area contributed by atoms with E-state index in [1.807, 2.05) is 45.9 Å². The molecule has 3 aromatic rings. The molecule has 26 heavy (non-hydrogen) atoms. The molecule has 5 nitrogen and oxygen atoms in total. The van der Waals surface area contributed by atoms with E-state index < -0.39 is 0 Å². The first-order valence-corrected chi connectivity index (χ1v) is 10.0. The van der Waals surface area contributed by atoms with Crippen LogP contribution in [0.2, 0.25) is 0 Å². The Morgan fingerprint density at radius 2 is 2.00 bits per heavy atom. The maximum Gasteiger partial charge on any atom is 0.255 e. The van der Waals surface area contributed by atoms with Crippen molar-refractivity contribution in [2.24, 2.45) is 0 Å². The number of aromatic nitrogens is 3. The number of nitrogens with zero attached hydrogens (tertiary/aromatic N) is 4. The van der Waals surface area contributed by atoms with E-state index in [4.69, 9.17) is 0 Å². The second-order valence-electron chi connectivity index (χ2n) is 6.65. The summed E-state index contributed by atoms with van der Waals surface area (Å²) in [4.78, 5) is 19.0. The lowest BCUT2D eigenvalue weighted by Crippen LogP contribution is -2.40. The zero-order chi connectivity index (χ0) is 17.8. The molecule has 0 aliphatic heterocycles. The lowest BCUT2D eigenvalue weighted by atomic mass is 10.1. The zero-order valence-corrected chi connectivity index (χ0v) is 15.4. The minimum absolute atomic E-state index is 0.152. The number of thiophene rings is 1. The van der Waals surface area contributed by atoms with Crippen molar-refractivity contribution in [3.05, 3.63) is 59.2 Å². The third-order valence-corrected chi connectivity index (χ3v) is 5.66. The van der Waals surface area contributed by atoms with Gasteiger partial charge in [0.25, 0.3) is 5.91 Å². The number of carbonyl (C=O) groups excluding carboxylic acids is 1. The molecule has 1 aliphatic carbocycles. The van der Waals surface area contributed by atoms with Crippen LogP contribution in [0.3, 0.4) is 0 Å². The summed E-state index contributed by atoms with van der Waals surface area (Å²) in [5.74, 6) is 0.152. The second kappa shape index (κ2) is 7.83. The van der Waals surface area contributed by atoms with E-state index in [0.29, 0.717) is 19.1 Å². The van der Waals surface area contributed by atoms with Gasteiger partial charge in [-0.05, 0) is 42.5 Å². The molecule has 1 aliphatic rings. The van der Waals surface area contributed by atoms with Crippen LogP contribution >= 0.6 is 11.3 Å². The molecule has 1 fully saturated rings. The average molecular weight is 366 g/mol. The molecule has 0 atom stereocenters. The molecule has 0 unspecified atom stereocenters. The zero-order valence-electron chi connectivity index (χ0n) is 14.6. The summed E-state index contributed by atoms with van der Waals surface area (Å²) < 4.78 is 1.93. The van der Waals surface area contributed by atoms with E-state index in [2.05, 4.69) is 15.0 Å². The van der Waals surface area contributed by atoms with Gasteiger partial charge in [-0.3, -0.25) is 14.5 Å². The molecular formula is C20H22N4OS. The van der Waals surface area contributed by atoms with Crippen molar-refractivity contribution in [2.45, 2.75) is 38.3 Å². The van der Waals surface area contributed by atoms with Crippen LogP contribution in [-0.4, -0.2) is 38.2 Å². The lowest BCUT2D eigenvalue weighted by Gasteiger charge is -2.28. The average Bonchev–Trinajstić information content (AvgIpc) is 3.44. The lowest BCUT2D eigenvalue weighted by molar-refractivity contribution is 0.0672. The summed E-state index contributed by atoms with van der Waals surface area (Å²) >= 11 is 1.57. The molecule has 1 amide bonds. The van der Waals surface area contributed by atoms with Crippen LogP contribution in [0.15, 0.2) is 53.6 Å². The third-order valence-electron chi connectivity index (χ3n) is 4.98. The molecule has 134 valence electrons. The topological polar surface area (TPSA) is 51.0 Å². The summed E-state index contributed by atoms with van der Waals surface area (Å²) in [6.07, 6.45) is 10.2. The summed E-state index contributed by atoms with van der Waals surface area (Å²) in [7, 11) is 0. The Morgan fingerprint density at radius 1 is 1.19 bits per heavy atom. The molecule has 6 heteroatoms. The van der Waals surface area contributed by atoms with E-state index in [9.17, 15) is 4.79 Å². The van der Waals surface area contributed by atoms with Crippen LogP contribution in [0.1, 0.15) is 36.0 Å². The van der Waals surface area contributed by atoms with Crippen LogP contribution in [0.4, 0.5) is 0 Å². The quantitative estimate of drug-likeness (QED) is 0.660. The van der Waals surface area contributed by atoms with Gasteiger partial charge < -0.3 is 4.90 Å². The summed E-state index contributed by atoms with van der Waals surface area (Å²) in [5, 5.41) is 8.57. The van der Waals surface area contributed by atoms with Crippen molar-refractivity contribution < 1.29 is 4.79 Å². The van der Waals surface area contributed by atoms with Gasteiger partial charge in [0.15, 0.2) is 0 Å². The Morgan fingerprint density at radius 3 is 2.73 bits per heavy atom. The smallest absolute Gasteiger partial charge is 0.255 e. The van der Waals surface area contributed by atoms with Crippen molar-refractivity contribution in [3.63, 3.8) is 0 Å². The Labute approximate surface area is 157 Å². The van der Waals surface area contributed by atoms with Crippen LogP contribution < -0.4 is 0 Å². The summed E-state index contributed by atoms with van der Waals surface area (Å²) in [5.41, 5.74) is 2.80. The van der Waals surface area contributed by atoms with Crippen LogP contribution in [0.25, 0.3) is 11.3 Å². The Kier molecular flexibility index (Phi) is 5.11. The van der Waals surface area contributed by atoms with Crippen LogP contribution in [-0.2, 0) is 6.54 Å². The molecule has 1 saturated carbocycles. The molecule has 0 spiro atoms. The van der Waals surface area contributed by atoms with E-state index in [0.717, 1.165) is 29.7 Å². The van der Waals surface area contributed by atoms with Gasteiger partial charge in [-0.25, -0.2) is 0 Å². The van der Waals surface area contributed by atoms with Crippen molar-refractivity contribution >= 4 is 17.2 Å². The highest BCUT2D eigenvalue weighted by atomic mass is 32.1. The first kappa shape index (κ1) is 17.0. The predicted molar refractivity (Wildman–Crippen MR) is 103 cm³/mol. The molecule has 3 heterocycles. The maximum atomic E-state index is 12.9. The Balaban J connectivity index is 1.46. The number of rotatable bonds is 6. The van der Waals surface area contributed by atoms with Crippen molar-refractivity contribution in [3.8, 4) is 11.3 Å². The normalized spacial score (nSPS) is 14.6. The van der Waals surface area contributed by atoms with E-state index >= 15 is 0 Å². The van der Waals surface area contributed by atoms with E-state index in [-0.39, 0.29) is 5.91 Å². The molecular weight excluding hydrogens is 344 g/mol. The van der Waals surface area contributed by atoms with Crippen molar-refractivity contribution in [1.29, 1.82) is 0 Å². The number of carbonyl (C=O) groups is 1. The Hall–Kier alpha value is -2.47. The minimum atomic E-state index is 0.152. The highest BCUT2D eigenvalue weighted by Crippen LogP contribution is 2.25. The molecule has 0 aromatic carbocycles. The first-order chi connectivity index (χ1) is 12.8. The van der Waals surface area contributed by atoms with Crippen LogP contribution in [0.5, 0.6) is 0 Å². The SMILES string of the molecule is O=C(c1ccsc1)N(CCn1ccc(-c2ccncc2)n1)C1CCCC1. The highest BCUT2D eigenvalue weighted by Gasteiger charge is 2.27. The van der Waals surface area contributed by atoms with Gasteiger partial charge in [-0.1, -0.05) is 12.8 Å². The van der Waals surface area contributed by atoms with Gasteiger partial charge in [-0.15, -0.1) is 0 Å². The fourth-order valence-corrected chi connectivity index (χ4v) is 4.22. The first-order valence-electron chi connectivity index (χ1n) is 9.08. The van der Waals surface area contributed by atoms with E-state index in [1.54, 1.807) is 23.7 Å². The molecule has 0 radical (unpaired) electrons. The Bertz CT molecular complexity index is 838.